The maximum absolute atomic E-state index is 11.9. The molecule has 0 aliphatic rings. The predicted molar refractivity (Wildman–Crippen MR) is 63.6 cm³/mol. The first-order valence-electron chi connectivity index (χ1n) is 5.17. The van der Waals surface area contributed by atoms with Crippen LogP contribution in [0.15, 0.2) is 23.8 Å². The molecule has 2 heterocycles. The highest BCUT2D eigenvalue weighted by Crippen LogP contribution is 2.17. The van der Waals surface area contributed by atoms with Gasteiger partial charge in [-0.2, -0.15) is 13.2 Å². The van der Waals surface area contributed by atoms with Crippen molar-refractivity contribution in [2.75, 3.05) is 11.9 Å². The molecule has 2 aromatic heterocycles. The Labute approximate surface area is 114 Å². The Balaban J connectivity index is 1.95. The fourth-order valence-electron chi connectivity index (χ4n) is 1.15. The van der Waals surface area contributed by atoms with Crippen LogP contribution in [-0.4, -0.2) is 33.9 Å². The van der Waals surface area contributed by atoms with Crippen LogP contribution in [0.4, 0.5) is 18.3 Å². The number of anilines is 1. The molecule has 1 amide bonds. The molecular weight excluding hydrogens is 297 g/mol. The van der Waals surface area contributed by atoms with E-state index >= 15 is 0 Å². The minimum Gasteiger partial charge on any atom is -0.468 e. The van der Waals surface area contributed by atoms with Crippen molar-refractivity contribution >= 4 is 22.4 Å². The van der Waals surface area contributed by atoms with Crippen molar-refractivity contribution in [1.29, 1.82) is 0 Å². The van der Waals surface area contributed by atoms with E-state index in [1.165, 1.54) is 17.6 Å². The van der Waals surface area contributed by atoms with E-state index in [0.29, 0.717) is 5.13 Å². The van der Waals surface area contributed by atoms with E-state index in [4.69, 9.17) is 0 Å². The molecule has 0 aliphatic heterocycles. The lowest BCUT2D eigenvalue weighted by Gasteiger charge is -2.08. The maximum Gasteiger partial charge on any atom is 0.422 e. The molecule has 0 saturated carbocycles. The number of carbonyl (C=O) groups is 1. The molecule has 0 radical (unpaired) electrons. The van der Waals surface area contributed by atoms with E-state index in [-0.39, 0.29) is 11.4 Å². The van der Waals surface area contributed by atoms with Crippen molar-refractivity contribution in [2.24, 2.45) is 0 Å². The van der Waals surface area contributed by atoms with Crippen LogP contribution in [0.5, 0.6) is 5.88 Å². The summed E-state index contributed by atoms with van der Waals surface area (Å²) in [4.78, 5) is 15.3. The number of hydrogen-bond acceptors (Lipinski definition) is 6. The second-order valence-corrected chi connectivity index (χ2v) is 4.32. The number of carbonyl (C=O) groups excluding carboxylic acids is 1. The van der Waals surface area contributed by atoms with E-state index in [1.807, 2.05) is 0 Å². The van der Waals surface area contributed by atoms with Crippen LogP contribution >= 0.6 is 11.3 Å². The smallest absolute Gasteiger partial charge is 0.422 e. The van der Waals surface area contributed by atoms with Crippen LogP contribution < -0.4 is 10.1 Å². The van der Waals surface area contributed by atoms with Gasteiger partial charge in [0.25, 0.3) is 5.91 Å². The van der Waals surface area contributed by atoms with Gasteiger partial charge in [-0.3, -0.25) is 10.1 Å². The number of nitrogens with one attached hydrogen (secondary N) is 1. The van der Waals surface area contributed by atoms with Gasteiger partial charge in [0.15, 0.2) is 6.61 Å². The minimum absolute atomic E-state index is 0.166. The molecule has 0 aromatic carbocycles. The third-order valence-electron chi connectivity index (χ3n) is 1.96. The van der Waals surface area contributed by atoms with Gasteiger partial charge in [0.2, 0.25) is 11.0 Å². The van der Waals surface area contributed by atoms with Crippen LogP contribution in [0.2, 0.25) is 0 Å². The summed E-state index contributed by atoms with van der Waals surface area (Å²) in [5.74, 6) is -0.702. The summed E-state index contributed by atoms with van der Waals surface area (Å²) in [6.07, 6.45) is -3.32. The molecule has 2 aromatic rings. The quantitative estimate of drug-likeness (QED) is 0.936. The minimum atomic E-state index is -4.43. The number of amides is 1. The Kier molecular flexibility index (Phi) is 4.13. The van der Waals surface area contributed by atoms with E-state index in [1.54, 1.807) is 0 Å². The number of aromatic nitrogens is 3. The highest BCUT2D eigenvalue weighted by Gasteiger charge is 2.28. The number of halogens is 3. The summed E-state index contributed by atoms with van der Waals surface area (Å²) in [5.41, 5.74) is 1.61. The van der Waals surface area contributed by atoms with Crippen LogP contribution in [0.3, 0.4) is 0 Å². The van der Waals surface area contributed by atoms with E-state index < -0.39 is 18.7 Å². The summed E-state index contributed by atoms with van der Waals surface area (Å²) in [6, 6.07) is 2.48. The molecule has 0 bridgehead atoms. The van der Waals surface area contributed by atoms with Crippen molar-refractivity contribution < 1.29 is 22.7 Å². The van der Waals surface area contributed by atoms with Crippen LogP contribution in [0.25, 0.3) is 0 Å². The molecule has 6 nitrogen and oxygen atoms in total. The molecule has 20 heavy (non-hydrogen) atoms. The van der Waals surface area contributed by atoms with Gasteiger partial charge in [-0.1, -0.05) is 11.3 Å². The number of ether oxygens (including phenoxy) is 1. The number of alkyl halides is 3. The molecule has 0 atom stereocenters. The zero-order valence-electron chi connectivity index (χ0n) is 9.72. The Morgan fingerprint density at radius 2 is 2.20 bits per heavy atom. The standard InChI is InChI=1S/C10H7F3N4O2S/c11-10(12,13)4-19-7-2-1-6(3-14-7)8(18)16-9-17-15-5-20-9/h1-3,5H,4H2,(H,16,17,18). The first-order valence-corrected chi connectivity index (χ1v) is 6.05. The first-order chi connectivity index (χ1) is 9.44. The Bertz CT molecular complexity index is 571. The van der Waals surface area contributed by atoms with Gasteiger partial charge < -0.3 is 4.74 Å². The van der Waals surface area contributed by atoms with Crippen LogP contribution in [0.1, 0.15) is 10.4 Å². The Morgan fingerprint density at radius 3 is 2.75 bits per heavy atom. The largest absolute Gasteiger partial charge is 0.468 e. The second kappa shape index (κ2) is 5.82. The lowest BCUT2D eigenvalue weighted by atomic mass is 10.3. The van der Waals surface area contributed by atoms with Gasteiger partial charge >= 0.3 is 6.18 Å². The molecule has 0 aliphatic carbocycles. The first kappa shape index (κ1) is 14.2. The van der Waals surface area contributed by atoms with Crippen molar-refractivity contribution in [3.05, 3.63) is 29.4 Å². The highest BCUT2D eigenvalue weighted by molar-refractivity contribution is 7.13. The summed E-state index contributed by atoms with van der Waals surface area (Å²) in [6.45, 7) is -1.43. The molecular formula is C10H7F3N4O2S. The normalized spacial score (nSPS) is 11.2. The lowest BCUT2D eigenvalue weighted by molar-refractivity contribution is -0.154. The monoisotopic (exact) mass is 304 g/mol. The van der Waals surface area contributed by atoms with Crippen molar-refractivity contribution in [3.63, 3.8) is 0 Å². The molecule has 0 saturated heterocycles. The Hall–Kier alpha value is -2.23. The SMILES string of the molecule is O=C(Nc1nncs1)c1ccc(OCC(F)(F)F)nc1. The molecule has 0 spiro atoms. The second-order valence-electron chi connectivity index (χ2n) is 3.49. The third kappa shape index (κ3) is 4.16. The molecule has 106 valence electrons. The highest BCUT2D eigenvalue weighted by atomic mass is 32.1. The third-order valence-corrected chi connectivity index (χ3v) is 2.57. The molecule has 0 fully saturated rings. The molecule has 10 heteroatoms. The summed E-state index contributed by atoms with van der Waals surface area (Å²) in [7, 11) is 0. The van der Waals surface area contributed by atoms with Gasteiger partial charge in [0.05, 0.1) is 5.56 Å². The van der Waals surface area contributed by atoms with Gasteiger partial charge in [-0.25, -0.2) is 4.98 Å². The van der Waals surface area contributed by atoms with Gasteiger partial charge in [0, 0.05) is 12.3 Å². The van der Waals surface area contributed by atoms with Gasteiger partial charge in [-0.15, -0.1) is 10.2 Å². The predicted octanol–water partition coefficient (Wildman–Crippen LogP) is 2.13. The fourth-order valence-corrected chi connectivity index (χ4v) is 1.59. The fraction of sp³-hybridized carbons (Fsp3) is 0.200. The van der Waals surface area contributed by atoms with Gasteiger partial charge in [-0.05, 0) is 6.07 Å². The molecule has 1 N–H and O–H groups in total. The summed E-state index contributed by atoms with van der Waals surface area (Å²) < 4.78 is 40.2. The maximum atomic E-state index is 11.9. The zero-order valence-corrected chi connectivity index (χ0v) is 10.5. The summed E-state index contributed by atoms with van der Waals surface area (Å²) in [5, 5.41) is 9.94. The van der Waals surface area contributed by atoms with Crippen LogP contribution in [0, 0.1) is 0 Å². The number of rotatable bonds is 4. The molecule has 0 unspecified atom stereocenters. The van der Waals surface area contributed by atoms with Gasteiger partial charge in [0.1, 0.15) is 5.51 Å². The number of nitrogens with zero attached hydrogens (tertiary/aromatic N) is 3. The van der Waals surface area contributed by atoms with E-state index in [2.05, 4.69) is 25.2 Å². The van der Waals surface area contributed by atoms with Crippen molar-refractivity contribution in [2.45, 2.75) is 6.18 Å². The topological polar surface area (TPSA) is 77.0 Å². The van der Waals surface area contributed by atoms with E-state index in [9.17, 15) is 18.0 Å². The number of hydrogen-bond donors (Lipinski definition) is 1. The summed E-state index contributed by atoms with van der Waals surface area (Å²) >= 11 is 1.14. The van der Waals surface area contributed by atoms with E-state index in [0.717, 1.165) is 17.5 Å². The van der Waals surface area contributed by atoms with Crippen molar-refractivity contribution in [1.82, 2.24) is 15.2 Å². The zero-order chi connectivity index (χ0) is 14.6. The average Bonchev–Trinajstić information content (AvgIpc) is 2.89. The number of pyridine rings is 1. The van der Waals surface area contributed by atoms with Crippen molar-refractivity contribution in [3.8, 4) is 5.88 Å². The van der Waals surface area contributed by atoms with Crippen LogP contribution in [-0.2, 0) is 0 Å². The molecule has 2 rings (SSSR count). The Morgan fingerprint density at radius 1 is 1.40 bits per heavy atom. The average molecular weight is 304 g/mol. The lowest BCUT2D eigenvalue weighted by Crippen LogP contribution is -2.19.